The fourth-order valence-electron chi connectivity index (χ4n) is 3.66. The Morgan fingerprint density at radius 3 is 2.63 bits per heavy atom. The Hall–Kier alpha value is -2.64. The molecule has 3 rings (SSSR count). The molecule has 5 nitrogen and oxygen atoms in total. The van der Waals surface area contributed by atoms with Crippen LogP contribution >= 0.6 is 12.6 Å². The average molecular weight is 428 g/mol. The molecule has 2 N–H and O–H groups in total. The van der Waals surface area contributed by atoms with Crippen LogP contribution in [-0.4, -0.2) is 48.5 Å². The van der Waals surface area contributed by atoms with E-state index in [-0.39, 0.29) is 5.91 Å². The number of hydrogen-bond acceptors (Lipinski definition) is 4. The molecule has 0 fully saturated rings. The Balaban J connectivity index is 1.97. The molecular formula is C23H26FN3O2S. The number of H-pyrrole nitrogens is 1. The van der Waals surface area contributed by atoms with Crippen molar-refractivity contribution in [3.63, 3.8) is 0 Å². The van der Waals surface area contributed by atoms with Crippen LogP contribution < -0.4 is 5.32 Å². The van der Waals surface area contributed by atoms with Crippen LogP contribution in [0.15, 0.2) is 36.4 Å². The molecule has 30 heavy (non-hydrogen) atoms. The number of carbonyl (C=O) groups is 2. The van der Waals surface area contributed by atoms with Gasteiger partial charge in [0.1, 0.15) is 5.82 Å². The zero-order valence-electron chi connectivity index (χ0n) is 17.2. The first-order chi connectivity index (χ1) is 14.5. The SMILES string of the molecule is CNCCc1c(-c2ccc(CN(C)C(=O)CCS)cc2)[nH]c2cc(F)cc(C=O)c12. The first-order valence-electron chi connectivity index (χ1n) is 9.86. The molecule has 7 heteroatoms. The topological polar surface area (TPSA) is 65.2 Å². The van der Waals surface area contributed by atoms with E-state index in [1.165, 1.54) is 12.1 Å². The number of thiol groups is 1. The second-order valence-corrected chi connectivity index (χ2v) is 7.74. The summed E-state index contributed by atoms with van der Waals surface area (Å²) < 4.78 is 13.9. The predicted molar refractivity (Wildman–Crippen MR) is 122 cm³/mol. The normalized spacial score (nSPS) is 11.1. The maximum atomic E-state index is 13.9. The van der Waals surface area contributed by atoms with Crippen molar-refractivity contribution in [2.45, 2.75) is 19.4 Å². The zero-order chi connectivity index (χ0) is 21.7. The van der Waals surface area contributed by atoms with Crippen molar-refractivity contribution in [2.75, 3.05) is 26.4 Å². The minimum atomic E-state index is -0.443. The smallest absolute Gasteiger partial charge is 0.223 e. The third kappa shape index (κ3) is 4.74. The van der Waals surface area contributed by atoms with Crippen LogP contribution in [0.25, 0.3) is 22.2 Å². The lowest BCUT2D eigenvalue weighted by atomic mass is 9.99. The summed E-state index contributed by atoms with van der Waals surface area (Å²) in [4.78, 5) is 28.5. The molecule has 0 spiro atoms. The molecule has 0 saturated heterocycles. The van der Waals surface area contributed by atoms with Crippen LogP contribution in [-0.2, 0) is 17.8 Å². The van der Waals surface area contributed by atoms with Crippen LogP contribution in [0.1, 0.15) is 27.9 Å². The number of nitrogens with one attached hydrogen (secondary N) is 2. The van der Waals surface area contributed by atoms with E-state index >= 15 is 0 Å². The van der Waals surface area contributed by atoms with Gasteiger partial charge in [0.25, 0.3) is 0 Å². The first-order valence-corrected chi connectivity index (χ1v) is 10.5. The highest BCUT2D eigenvalue weighted by Crippen LogP contribution is 2.33. The van der Waals surface area contributed by atoms with Crippen molar-refractivity contribution < 1.29 is 14.0 Å². The highest BCUT2D eigenvalue weighted by atomic mass is 32.1. The lowest BCUT2D eigenvalue weighted by Gasteiger charge is -2.17. The highest BCUT2D eigenvalue weighted by molar-refractivity contribution is 7.80. The van der Waals surface area contributed by atoms with Gasteiger partial charge in [-0.15, -0.1) is 0 Å². The predicted octanol–water partition coefficient (Wildman–Crippen LogP) is 3.83. The van der Waals surface area contributed by atoms with E-state index in [1.807, 2.05) is 31.3 Å². The zero-order valence-corrected chi connectivity index (χ0v) is 18.1. The molecule has 1 aromatic heterocycles. The third-order valence-corrected chi connectivity index (χ3v) is 5.39. The van der Waals surface area contributed by atoms with Crippen molar-refractivity contribution in [3.05, 3.63) is 58.9 Å². The maximum Gasteiger partial charge on any atom is 0.223 e. The highest BCUT2D eigenvalue weighted by Gasteiger charge is 2.17. The molecule has 158 valence electrons. The lowest BCUT2D eigenvalue weighted by molar-refractivity contribution is -0.129. The third-order valence-electron chi connectivity index (χ3n) is 5.16. The number of fused-ring (bicyclic) bond motifs is 1. The van der Waals surface area contributed by atoms with Gasteiger partial charge in [-0.25, -0.2) is 4.39 Å². The maximum absolute atomic E-state index is 13.9. The number of benzene rings is 2. The number of carbonyl (C=O) groups excluding carboxylic acids is 2. The summed E-state index contributed by atoms with van der Waals surface area (Å²) in [5, 5.41) is 3.89. The Morgan fingerprint density at radius 2 is 2.00 bits per heavy atom. The number of aldehydes is 1. The molecular weight excluding hydrogens is 401 g/mol. The van der Waals surface area contributed by atoms with Gasteiger partial charge < -0.3 is 15.2 Å². The van der Waals surface area contributed by atoms with Gasteiger partial charge in [-0.2, -0.15) is 12.6 Å². The van der Waals surface area contributed by atoms with Gasteiger partial charge >= 0.3 is 0 Å². The van der Waals surface area contributed by atoms with Crippen LogP contribution in [0.3, 0.4) is 0 Å². The van der Waals surface area contributed by atoms with E-state index < -0.39 is 5.82 Å². The van der Waals surface area contributed by atoms with Crippen molar-refractivity contribution in [3.8, 4) is 11.3 Å². The Morgan fingerprint density at radius 1 is 1.27 bits per heavy atom. The van der Waals surface area contributed by atoms with Gasteiger partial charge in [-0.05, 0) is 54.6 Å². The number of rotatable bonds is 9. The monoisotopic (exact) mass is 427 g/mol. The van der Waals surface area contributed by atoms with Crippen molar-refractivity contribution in [1.82, 2.24) is 15.2 Å². The number of aromatic amines is 1. The minimum Gasteiger partial charge on any atom is -0.354 e. The Bertz CT molecular complexity index is 1050. The summed E-state index contributed by atoms with van der Waals surface area (Å²) in [5.41, 5.74) is 4.78. The molecule has 0 radical (unpaired) electrons. The van der Waals surface area contributed by atoms with Gasteiger partial charge in [0.15, 0.2) is 6.29 Å². The average Bonchev–Trinajstić information content (AvgIpc) is 3.10. The second-order valence-electron chi connectivity index (χ2n) is 7.29. The molecule has 0 bridgehead atoms. The first kappa shape index (κ1) is 22.1. The van der Waals surface area contributed by atoms with Crippen LogP contribution in [0.5, 0.6) is 0 Å². The number of halogens is 1. The second kappa shape index (κ2) is 9.91. The summed E-state index contributed by atoms with van der Waals surface area (Å²) in [6, 6.07) is 10.6. The van der Waals surface area contributed by atoms with E-state index in [4.69, 9.17) is 0 Å². The van der Waals surface area contributed by atoms with Crippen LogP contribution in [0, 0.1) is 5.82 Å². The van der Waals surface area contributed by atoms with E-state index in [0.29, 0.717) is 42.5 Å². The van der Waals surface area contributed by atoms with Gasteiger partial charge in [0, 0.05) is 42.2 Å². The molecule has 0 aliphatic heterocycles. The standard InChI is InChI=1S/C23H26FN3O2S/c1-25-9-7-19-22-17(14-28)11-18(24)12-20(22)26-23(19)16-5-3-15(4-6-16)13-27(2)21(29)8-10-30/h3-6,11-12,14,25-26,30H,7-10,13H2,1-2H3. The molecule has 2 aromatic carbocycles. The number of hydrogen-bond donors (Lipinski definition) is 3. The minimum absolute atomic E-state index is 0.0578. The van der Waals surface area contributed by atoms with Gasteiger partial charge in [0.05, 0.1) is 0 Å². The molecule has 0 saturated carbocycles. The summed E-state index contributed by atoms with van der Waals surface area (Å²) in [5.74, 6) is 0.144. The Kier molecular flexibility index (Phi) is 7.29. The fraction of sp³-hybridized carbons (Fsp3) is 0.304. The van der Waals surface area contributed by atoms with E-state index in [2.05, 4.69) is 22.9 Å². The van der Waals surface area contributed by atoms with E-state index in [9.17, 15) is 14.0 Å². The number of nitrogens with zero attached hydrogens (tertiary/aromatic N) is 1. The molecule has 1 heterocycles. The van der Waals surface area contributed by atoms with Gasteiger partial charge in [-0.3, -0.25) is 9.59 Å². The lowest BCUT2D eigenvalue weighted by Crippen LogP contribution is -2.26. The van der Waals surface area contributed by atoms with E-state index in [0.717, 1.165) is 34.3 Å². The van der Waals surface area contributed by atoms with Crippen LogP contribution in [0.2, 0.25) is 0 Å². The number of aromatic nitrogens is 1. The molecule has 0 unspecified atom stereocenters. The quantitative estimate of drug-likeness (QED) is 0.359. The summed E-state index contributed by atoms with van der Waals surface area (Å²) in [6.45, 7) is 1.25. The van der Waals surface area contributed by atoms with Crippen molar-refractivity contribution in [2.24, 2.45) is 0 Å². The fourth-order valence-corrected chi connectivity index (χ4v) is 3.85. The van der Waals surface area contributed by atoms with Crippen molar-refractivity contribution in [1.29, 1.82) is 0 Å². The van der Waals surface area contributed by atoms with E-state index in [1.54, 1.807) is 11.9 Å². The van der Waals surface area contributed by atoms with Gasteiger partial charge in [-0.1, -0.05) is 24.3 Å². The molecule has 0 aliphatic carbocycles. The molecule has 3 aromatic rings. The number of amides is 1. The van der Waals surface area contributed by atoms with Crippen molar-refractivity contribution >= 4 is 35.7 Å². The molecule has 0 atom stereocenters. The summed E-state index contributed by atoms with van der Waals surface area (Å²) in [6.07, 6.45) is 1.81. The number of likely N-dealkylation sites (N-methyl/N-ethyl adjacent to an activating group) is 1. The summed E-state index contributed by atoms with van der Waals surface area (Å²) in [7, 11) is 3.65. The van der Waals surface area contributed by atoms with Crippen LogP contribution in [0.4, 0.5) is 4.39 Å². The largest absolute Gasteiger partial charge is 0.354 e. The van der Waals surface area contributed by atoms with Gasteiger partial charge in [0.2, 0.25) is 5.91 Å². The Labute approximate surface area is 181 Å². The summed E-state index contributed by atoms with van der Waals surface area (Å²) >= 11 is 4.11. The molecule has 1 amide bonds. The molecule has 0 aliphatic rings.